The molecule has 0 aliphatic carbocycles. The minimum absolute atomic E-state index is 0.0363. The topological polar surface area (TPSA) is 156 Å². The van der Waals surface area contributed by atoms with Crippen molar-refractivity contribution in [3.8, 4) is 5.75 Å². The summed E-state index contributed by atoms with van der Waals surface area (Å²) in [5.41, 5.74) is 6.33. The summed E-state index contributed by atoms with van der Waals surface area (Å²) < 4.78 is 6.92. The van der Waals surface area contributed by atoms with Gasteiger partial charge in [0.2, 0.25) is 5.91 Å². The number of benzene rings is 1. The van der Waals surface area contributed by atoms with Gasteiger partial charge in [-0.15, -0.1) is 0 Å². The Balaban J connectivity index is 1.65. The van der Waals surface area contributed by atoms with E-state index < -0.39 is 19.3 Å². The number of para-hydroxylation sites is 1. The molecule has 0 saturated carbocycles. The average Bonchev–Trinajstić information content (AvgIpc) is 3.06. The number of fused-ring (bicyclic) bond motifs is 1. The highest BCUT2D eigenvalue weighted by molar-refractivity contribution is 6.46. The molecule has 10 nitrogen and oxygen atoms in total. The van der Waals surface area contributed by atoms with Crippen LogP contribution in [-0.2, 0) is 24.2 Å². The molecule has 27 heavy (non-hydrogen) atoms. The highest BCUT2D eigenvalue weighted by atomic mass is 16.5. The van der Waals surface area contributed by atoms with Crippen LogP contribution in [0.4, 0.5) is 0 Å². The Morgan fingerprint density at radius 2 is 2.30 bits per heavy atom. The maximum Gasteiger partial charge on any atom is 0.547 e. The monoisotopic (exact) mass is 375 g/mol. The smallest absolute Gasteiger partial charge is 0.534 e. The lowest BCUT2D eigenvalue weighted by molar-refractivity contribution is -0.122. The molecular formula is C16H22BN5O5. The molecule has 0 unspecified atom stereocenters. The molecule has 3 rings (SSSR count). The molecular weight excluding hydrogens is 353 g/mol. The predicted octanol–water partition coefficient (Wildman–Crippen LogP) is -1.71. The van der Waals surface area contributed by atoms with E-state index in [1.165, 1.54) is 17.1 Å². The third-order valence-electron chi connectivity index (χ3n) is 4.37. The number of nitrogens with zero attached hydrogens (tertiary/aromatic N) is 3. The molecule has 11 heteroatoms. The van der Waals surface area contributed by atoms with Gasteiger partial charge in [-0.3, -0.25) is 4.79 Å². The summed E-state index contributed by atoms with van der Waals surface area (Å²) >= 11 is 0. The van der Waals surface area contributed by atoms with E-state index in [1.54, 1.807) is 12.1 Å². The van der Waals surface area contributed by atoms with Crippen LogP contribution in [0.5, 0.6) is 5.75 Å². The van der Waals surface area contributed by atoms with Crippen molar-refractivity contribution in [2.45, 2.75) is 38.0 Å². The summed E-state index contributed by atoms with van der Waals surface area (Å²) in [6, 6.07) is 4.91. The van der Waals surface area contributed by atoms with Gasteiger partial charge in [-0.1, -0.05) is 18.2 Å². The molecule has 1 aliphatic heterocycles. The maximum atomic E-state index is 12.4. The second-order valence-corrected chi connectivity index (χ2v) is 6.32. The fourth-order valence-electron chi connectivity index (χ4n) is 3.04. The number of aliphatic hydroxyl groups excluding tert-OH is 1. The van der Waals surface area contributed by atoms with E-state index in [-0.39, 0.29) is 23.8 Å². The summed E-state index contributed by atoms with van der Waals surface area (Å²) in [5, 5.41) is 35.8. The van der Waals surface area contributed by atoms with Crippen molar-refractivity contribution < 1.29 is 24.7 Å². The Kier molecular flexibility index (Phi) is 6.06. The molecule has 1 atom stereocenters. The van der Waals surface area contributed by atoms with E-state index in [4.69, 9.17) is 10.4 Å². The second-order valence-electron chi connectivity index (χ2n) is 6.32. The van der Waals surface area contributed by atoms with Crippen LogP contribution in [0.2, 0.25) is 0 Å². The number of hydrogen-bond donors (Lipinski definition) is 5. The van der Waals surface area contributed by atoms with Gasteiger partial charge in [-0.2, -0.15) is 5.10 Å². The van der Waals surface area contributed by atoms with Crippen LogP contribution in [0, 0.1) is 0 Å². The first kappa shape index (κ1) is 19.3. The van der Waals surface area contributed by atoms with Crippen LogP contribution in [0.1, 0.15) is 29.7 Å². The molecule has 1 amide bonds. The van der Waals surface area contributed by atoms with Crippen molar-refractivity contribution in [1.29, 1.82) is 0 Å². The highest BCUT2D eigenvalue weighted by Crippen LogP contribution is 2.32. The number of amides is 1. The largest absolute Gasteiger partial charge is 0.547 e. The summed E-state index contributed by atoms with van der Waals surface area (Å²) in [6.45, 7) is 0.486. The van der Waals surface area contributed by atoms with Gasteiger partial charge < -0.3 is 30.9 Å². The number of nitrogens with two attached hydrogens (primary N) is 1. The first-order valence-electron chi connectivity index (χ1n) is 8.68. The minimum atomic E-state index is -1.71. The quantitative estimate of drug-likeness (QED) is 0.283. The summed E-state index contributed by atoms with van der Waals surface area (Å²) in [6.07, 6.45) is 1.33. The number of aliphatic hydroxyl groups is 2. The third-order valence-corrected chi connectivity index (χ3v) is 4.37. The van der Waals surface area contributed by atoms with Crippen molar-refractivity contribution in [2.75, 3.05) is 6.54 Å². The SMILES string of the molecule is NCCCc1ncnn1CC(=O)N[C@H]1Cc2cccc(C(O)O)c2OB1O. The van der Waals surface area contributed by atoms with E-state index in [1.807, 2.05) is 0 Å². The van der Waals surface area contributed by atoms with Crippen LogP contribution < -0.4 is 15.7 Å². The zero-order valence-electron chi connectivity index (χ0n) is 14.7. The molecule has 0 saturated heterocycles. The number of aromatic nitrogens is 3. The fraction of sp³-hybridized carbons (Fsp3) is 0.438. The summed E-state index contributed by atoms with van der Waals surface area (Å²) in [7, 11) is -1.31. The van der Waals surface area contributed by atoms with Gasteiger partial charge in [0.1, 0.15) is 24.4 Å². The lowest BCUT2D eigenvalue weighted by Gasteiger charge is -2.29. The van der Waals surface area contributed by atoms with Gasteiger partial charge in [0, 0.05) is 12.0 Å². The second kappa shape index (κ2) is 8.48. The zero-order chi connectivity index (χ0) is 19.4. The molecule has 0 radical (unpaired) electrons. The summed E-state index contributed by atoms with van der Waals surface area (Å²) in [5.74, 6) is -0.121. The van der Waals surface area contributed by atoms with E-state index in [0.29, 0.717) is 30.8 Å². The molecule has 1 aliphatic rings. The van der Waals surface area contributed by atoms with Gasteiger partial charge in [-0.25, -0.2) is 9.67 Å². The number of carbonyl (C=O) groups is 1. The Labute approximate surface area is 156 Å². The standard InChI is InChI=1S/C16H22BN5O5/c18-6-2-5-13-19-9-20-22(13)8-14(23)21-12-7-10-3-1-4-11(16(24)25)15(10)27-17(12)26/h1,3-4,9,12,16,24-26H,2,5-8,18H2,(H,21,23)/t12-/m0/s1. The number of hydrogen-bond acceptors (Lipinski definition) is 8. The molecule has 0 bridgehead atoms. The Morgan fingerprint density at radius 3 is 3.04 bits per heavy atom. The van der Waals surface area contributed by atoms with Crippen LogP contribution in [0.25, 0.3) is 0 Å². The highest BCUT2D eigenvalue weighted by Gasteiger charge is 2.37. The molecule has 2 heterocycles. The van der Waals surface area contributed by atoms with Gasteiger partial charge in [0.15, 0.2) is 6.29 Å². The van der Waals surface area contributed by atoms with Crippen molar-refractivity contribution in [3.63, 3.8) is 0 Å². The molecule has 1 aromatic heterocycles. The zero-order valence-corrected chi connectivity index (χ0v) is 14.7. The van der Waals surface area contributed by atoms with E-state index in [2.05, 4.69) is 15.4 Å². The molecule has 144 valence electrons. The van der Waals surface area contributed by atoms with Crippen molar-refractivity contribution >= 4 is 13.0 Å². The number of rotatable bonds is 7. The van der Waals surface area contributed by atoms with Crippen LogP contribution >= 0.6 is 0 Å². The molecule has 1 aromatic carbocycles. The van der Waals surface area contributed by atoms with E-state index in [0.717, 1.165) is 6.42 Å². The van der Waals surface area contributed by atoms with Gasteiger partial charge in [-0.05, 0) is 24.9 Å². The van der Waals surface area contributed by atoms with Crippen LogP contribution in [0.15, 0.2) is 24.5 Å². The molecule has 0 fully saturated rings. The number of nitrogens with one attached hydrogen (secondary N) is 1. The maximum absolute atomic E-state index is 12.4. The van der Waals surface area contributed by atoms with Crippen molar-refractivity contribution in [1.82, 2.24) is 20.1 Å². The molecule has 2 aromatic rings. The number of carbonyl (C=O) groups excluding carboxylic acids is 1. The lowest BCUT2D eigenvalue weighted by Crippen LogP contribution is -2.53. The Hall–Kier alpha value is -2.47. The first-order chi connectivity index (χ1) is 13.0. The van der Waals surface area contributed by atoms with Gasteiger partial charge in [0.25, 0.3) is 0 Å². The molecule has 0 spiro atoms. The van der Waals surface area contributed by atoms with Crippen molar-refractivity contribution in [3.05, 3.63) is 41.5 Å². The normalized spacial score (nSPS) is 16.2. The van der Waals surface area contributed by atoms with E-state index in [9.17, 15) is 20.0 Å². The molecule has 6 N–H and O–H groups in total. The minimum Gasteiger partial charge on any atom is -0.534 e. The first-order valence-corrected chi connectivity index (χ1v) is 8.68. The number of aryl methyl sites for hydroxylation is 1. The van der Waals surface area contributed by atoms with Crippen LogP contribution in [-0.4, -0.2) is 55.5 Å². The predicted molar refractivity (Wildman–Crippen MR) is 95.3 cm³/mol. The average molecular weight is 375 g/mol. The Morgan fingerprint density at radius 1 is 1.48 bits per heavy atom. The van der Waals surface area contributed by atoms with Gasteiger partial charge >= 0.3 is 7.12 Å². The third kappa shape index (κ3) is 4.45. The lowest BCUT2D eigenvalue weighted by atomic mass is 9.72. The Bertz CT molecular complexity index is 799. The van der Waals surface area contributed by atoms with E-state index >= 15 is 0 Å². The van der Waals surface area contributed by atoms with Gasteiger partial charge in [0.05, 0.1) is 5.94 Å². The fourth-order valence-corrected chi connectivity index (χ4v) is 3.04. The summed E-state index contributed by atoms with van der Waals surface area (Å²) in [4.78, 5) is 16.5. The van der Waals surface area contributed by atoms with Crippen molar-refractivity contribution in [2.24, 2.45) is 5.73 Å². The van der Waals surface area contributed by atoms with Crippen LogP contribution in [0.3, 0.4) is 0 Å².